The van der Waals surface area contributed by atoms with Crippen LogP contribution in [0, 0.1) is 11.8 Å². The van der Waals surface area contributed by atoms with Crippen LogP contribution in [-0.4, -0.2) is 149 Å². The number of likely N-dealkylation sites (N-methyl/N-ethyl adjacent to an activating group) is 1. The molecule has 2 bridgehead atoms. The Morgan fingerprint density at radius 2 is 1.62 bits per heavy atom. The zero-order valence-electron chi connectivity index (χ0n) is 36.2. The van der Waals surface area contributed by atoms with Gasteiger partial charge in [-0.2, -0.15) is 0 Å². The molecule has 11 atom stereocenters. The number of esters is 1. The van der Waals surface area contributed by atoms with Crippen LogP contribution in [0.15, 0.2) is 35.3 Å². The molecule has 2 saturated heterocycles. The van der Waals surface area contributed by atoms with Gasteiger partial charge in [0.1, 0.15) is 48.6 Å². The summed E-state index contributed by atoms with van der Waals surface area (Å²) in [5.74, 6) is -7.11. The number of ether oxygens (including phenoxy) is 2. The second-order valence-electron chi connectivity index (χ2n) is 15.8. The number of rotatable bonds is 14. The summed E-state index contributed by atoms with van der Waals surface area (Å²) in [4.78, 5) is 106. The van der Waals surface area contributed by atoms with Crippen LogP contribution < -0.4 is 32.7 Å². The summed E-state index contributed by atoms with van der Waals surface area (Å²) in [7, 11) is 2.87. The fourth-order valence-corrected chi connectivity index (χ4v) is 7.32. The lowest BCUT2D eigenvalue weighted by atomic mass is 9.91. The van der Waals surface area contributed by atoms with Gasteiger partial charge in [0.15, 0.2) is 12.1 Å². The van der Waals surface area contributed by atoms with E-state index in [1.807, 2.05) is 6.92 Å². The lowest BCUT2D eigenvalue weighted by Gasteiger charge is -2.46. The van der Waals surface area contributed by atoms with Crippen molar-refractivity contribution in [3.05, 3.63) is 35.9 Å². The number of carbonyl (C=O) groups excluding carboxylic acids is 7. The first kappa shape index (κ1) is 50.0. The minimum atomic E-state index is -1.96. The summed E-state index contributed by atoms with van der Waals surface area (Å²) < 4.78 is 11.6. The molecule has 2 aliphatic rings. The molecular formula is C41H65N9O11. The Morgan fingerprint density at radius 1 is 0.967 bits per heavy atom. The van der Waals surface area contributed by atoms with Crippen molar-refractivity contribution in [3.8, 4) is 0 Å². The third-order valence-electron chi connectivity index (χ3n) is 11.4. The predicted octanol–water partition coefficient (Wildman–Crippen LogP) is -1.60. The zero-order valence-corrected chi connectivity index (χ0v) is 36.2. The van der Waals surface area contributed by atoms with Gasteiger partial charge in [-0.3, -0.25) is 33.8 Å². The number of piperidine rings is 1. The Bertz CT molecular complexity index is 1710. The SMILES string of the molecule is CC[C@@H](C)[C@@H]1NC(=O)[C@H](Cc2ccccc2)N(C)C(=O)[C@@H]([C@H](C)CC)N2C(=O)[C@H](CC[C@H]2OC)NC(=O)[C@H](CCCN=C(N)N)NC(=O)[C@@H](NC(=O)[C@@H](O)CO)[C@@H](C)OC1=O. The number of amides is 6. The van der Waals surface area contributed by atoms with Crippen LogP contribution >= 0.6 is 0 Å². The van der Waals surface area contributed by atoms with Gasteiger partial charge in [-0.25, -0.2) is 4.79 Å². The molecule has 0 saturated carbocycles. The number of nitrogens with zero attached hydrogens (tertiary/aromatic N) is 3. The average molecular weight is 860 g/mol. The van der Waals surface area contributed by atoms with E-state index in [9.17, 15) is 43.8 Å². The Kier molecular flexibility index (Phi) is 19.4. The van der Waals surface area contributed by atoms with Crippen molar-refractivity contribution in [3.63, 3.8) is 0 Å². The number of guanidine groups is 1. The number of carbonyl (C=O) groups is 7. The minimum Gasteiger partial charge on any atom is -0.458 e. The number of nitrogens with one attached hydrogen (secondary N) is 4. The number of nitrogens with two attached hydrogens (primary N) is 2. The van der Waals surface area contributed by atoms with Crippen molar-refractivity contribution in [2.24, 2.45) is 28.3 Å². The summed E-state index contributed by atoms with van der Waals surface area (Å²) >= 11 is 0. The maximum absolute atomic E-state index is 14.9. The van der Waals surface area contributed by atoms with Gasteiger partial charge in [0, 0.05) is 27.1 Å². The highest BCUT2D eigenvalue weighted by atomic mass is 16.5. The number of hydrogen-bond donors (Lipinski definition) is 8. The smallest absolute Gasteiger partial charge is 0.329 e. The topological polar surface area (TPSA) is 297 Å². The molecule has 6 amide bonds. The Hall–Kier alpha value is -5.34. The van der Waals surface area contributed by atoms with E-state index >= 15 is 0 Å². The molecule has 2 heterocycles. The Morgan fingerprint density at radius 3 is 2.21 bits per heavy atom. The number of aliphatic hydroxyl groups excluding tert-OH is 2. The number of fused-ring (bicyclic) bond motifs is 2. The highest BCUT2D eigenvalue weighted by Crippen LogP contribution is 2.29. The molecule has 0 aromatic heterocycles. The molecule has 20 heteroatoms. The summed E-state index contributed by atoms with van der Waals surface area (Å²) in [6.07, 6.45) is -3.10. The van der Waals surface area contributed by atoms with Crippen molar-refractivity contribution in [1.29, 1.82) is 0 Å². The summed E-state index contributed by atoms with van der Waals surface area (Å²) in [5.41, 5.74) is 11.7. The van der Waals surface area contributed by atoms with E-state index in [0.29, 0.717) is 18.4 Å². The molecule has 1 aromatic rings. The Labute approximate surface area is 356 Å². The van der Waals surface area contributed by atoms with E-state index in [1.165, 1.54) is 30.9 Å². The van der Waals surface area contributed by atoms with E-state index in [-0.39, 0.29) is 44.6 Å². The van der Waals surface area contributed by atoms with Crippen LogP contribution in [0.2, 0.25) is 0 Å². The molecule has 61 heavy (non-hydrogen) atoms. The molecule has 10 N–H and O–H groups in total. The highest BCUT2D eigenvalue weighted by Gasteiger charge is 2.47. The molecule has 2 aliphatic heterocycles. The molecule has 0 spiro atoms. The second kappa shape index (κ2) is 23.6. The van der Waals surface area contributed by atoms with E-state index in [4.69, 9.17) is 20.9 Å². The fourth-order valence-electron chi connectivity index (χ4n) is 7.32. The lowest BCUT2D eigenvalue weighted by Crippen LogP contribution is -2.66. The van der Waals surface area contributed by atoms with Crippen LogP contribution in [0.1, 0.15) is 78.7 Å². The van der Waals surface area contributed by atoms with E-state index < -0.39 is 115 Å². The third-order valence-corrected chi connectivity index (χ3v) is 11.4. The Balaban J connectivity index is 2.26. The van der Waals surface area contributed by atoms with Crippen LogP contribution in [-0.2, 0) is 49.5 Å². The van der Waals surface area contributed by atoms with Gasteiger partial charge < -0.3 is 62.2 Å². The molecular weight excluding hydrogens is 795 g/mol. The fraction of sp³-hybridized carbons (Fsp3) is 0.659. The minimum absolute atomic E-state index is 0.0210. The van der Waals surface area contributed by atoms with Crippen LogP contribution in [0.5, 0.6) is 0 Å². The first-order valence-corrected chi connectivity index (χ1v) is 20.8. The third kappa shape index (κ3) is 13.3. The predicted molar refractivity (Wildman–Crippen MR) is 223 cm³/mol. The largest absolute Gasteiger partial charge is 0.458 e. The van der Waals surface area contributed by atoms with Crippen molar-refractivity contribution in [1.82, 2.24) is 31.1 Å². The maximum Gasteiger partial charge on any atom is 0.329 e. The lowest BCUT2D eigenvalue weighted by molar-refractivity contribution is -0.171. The van der Waals surface area contributed by atoms with Gasteiger partial charge in [0.25, 0.3) is 5.91 Å². The highest BCUT2D eigenvalue weighted by molar-refractivity contribution is 5.98. The van der Waals surface area contributed by atoms with Gasteiger partial charge in [-0.1, -0.05) is 70.9 Å². The van der Waals surface area contributed by atoms with Gasteiger partial charge in [-0.15, -0.1) is 0 Å². The van der Waals surface area contributed by atoms with Crippen LogP contribution in [0.3, 0.4) is 0 Å². The van der Waals surface area contributed by atoms with E-state index in [0.717, 1.165) is 0 Å². The zero-order chi connectivity index (χ0) is 45.6. The van der Waals surface area contributed by atoms with Crippen LogP contribution in [0.25, 0.3) is 0 Å². The number of hydrogen-bond acceptors (Lipinski definition) is 12. The van der Waals surface area contributed by atoms with E-state index in [1.54, 1.807) is 51.1 Å². The van der Waals surface area contributed by atoms with Gasteiger partial charge >= 0.3 is 5.97 Å². The molecule has 3 rings (SSSR count). The summed E-state index contributed by atoms with van der Waals surface area (Å²) in [6, 6.07) is 0.938. The molecule has 0 aliphatic carbocycles. The maximum atomic E-state index is 14.9. The molecule has 340 valence electrons. The van der Waals surface area contributed by atoms with Crippen molar-refractivity contribution >= 4 is 47.4 Å². The number of aliphatic imine (C=N–C) groups is 1. The van der Waals surface area contributed by atoms with E-state index in [2.05, 4.69) is 26.3 Å². The quantitative estimate of drug-likeness (QED) is 0.0454. The molecule has 1 aromatic carbocycles. The average Bonchev–Trinajstić information content (AvgIpc) is 3.24. The number of aliphatic hydroxyl groups is 2. The monoisotopic (exact) mass is 859 g/mol. The van der Waals surface area contributed by atoms with Crippen LogP contribution in [0.4, 0.5) is 0 Å². The molecule has 0 radical (unpaired) electrons. The van der Waals surface area contributed by atoms with Crippen molar-refractivity contribution in [2.45, 2.75) is 134 Å². The standard InChI is InChI=1S/C41H65N9O11/c1-8-22(3)31-40(59)61-24(5)32(48-36(55)29(52)21-51)37(56)45-26(16-13-19-44-41(42)43)34(53)46-27-17-18-30(60-7)50(38(27)57)33(23(4)9-2)39(58)49(6)28(35(54)47-31)20-25-14-11-10-12-15-25/h10-12,14-15,22-24,26-33,51-52H,8-9,13,16-21H2,1-7H3,(H,45,56)(H,46,53)(H,47,54)(H,48,55)(H4,42,43,44)/t22-,23-,24-,26+,27+,28+,29+,30-,31+,32+,33-/m1/s1. The van der Waals surface area contributed by atoms with Gasteiger partial charge in [-0.05, 0) is 50.0 Å². The number of methoxy groups -OCH3 is 1. The first-order chi connectivity index (χ1) is 28.9. The molecule has 2 fully saturated rings. The second-order valence-corrected chi connectivity index (χ2v) is 15.8. The summed E-state index contributed by atoms with van der Waals surface area (Å²) in [5, 5.41) is 30.0. The van der Waals surface area contributed by atoms with Gasteiger partial charge in [0.2, 0.25) is 29.5 Å². The molecule has 20 nitrogen and oxygen atoms in total. The number of benzene rings is 1. The first-order valence-electron chi connectivity index (χ1n) is 20.8. The molecule has 0 unspecified atom stereocenters. The summed E-state index contributed by atoms with van der Waals surface area (Å²) in [6.45, 7) is 7.50. The van der Waals surface area contributed by atoms with Crippen molar-refractivity contribution < 1.29 is 53.2 Å². The van der Waals surface area contributed by atoms with Crippen molar-refractivity contribution in [2.75, 3.05) is 27.3 Å². The normalized spacial score (nSPS) is 27.5. The van der Waals surface area contributed by atoms with Gasteiger partial charge in [0.05, 0.1) is 6.61 Å². The number of cyclic esters (lactones) is 1.